The predicted octanol–water partition coefficient (Wildman–Crippen LogP) is 2.83. The molecule has 1 heterocycles. The summed E-state index contributed by atoms with van der Waals surface area (Å²) in [5.41, 5.74) is 0. The Balaban J connectivity index is 2.63. The number of hydrogen-bond donors (Lipinski definition) is 0. The van der Waals surface area contributed by atoms with Crippen molar-refractivity contribution in [3.8, 4) is 0 Å². The highest BCUT2D eigenvalue weighted by Crippen LogP contribution is 2.25. The number of carbonyl (C=O) groups excluding carboxylic acids is 1. The van der Waals surface area contributed by atoms with Crippen LogP contribution in [0.5, 0.6) is 0 Å². The molecule has 0 atom stereocenters. The van der Waals surface area contributed by atoms with Crippen molar-refractivity contribution < 1.29 is 4.79 Å². The first-order valence-electron chi connectivity index (χ1n) is 3.64. The molecule has 0 spiro atoms. The molecule has 1 rings (SSSR count). The van der Waals surface area contributed by atoms with Crippen molar-refractivity contribution in [2.75, 3.05) is 0 Å². The van der Waals surface area contributed by atoms with Crippen LogP contribution in [0.15, 0.2) is 29.8 Å². The summed E-state index contributed by atoms with van der Waals surface area (Å²) in [6, 6.07) is 3.80. The molecule has 0 radical (unpaired) electrons. The van der Waals surface area contributed by atoms with Gasteiger partial charge in [-0.1, -0.05) is 6.08 Å². The zero-order chi connectivity index (χ0) is 8.81. The van der Waals surface area contributed by atoms with Gasteiger partial charge in [-0.05, 0) is 25.0 Å². The van der Waals surface area contributed by atoms with Crippen molar-refractivity contribution in [2.24, 2.45) is 4.99 Å². The van der Waals surface area contributed by atoms with Crippen molar-refractivity contribution in [2.45, 2.75) is 12.8 Å². The maximum atomic E-state index is 9.90. The molecule has 0 saturated carbocycles. The first-order chi connectivity index (χ1) is 5.86. The third-order valence-electron chi connectivity index (χ3n) is 1.40. The van der Waals surface area contributed by atoms with Gasteiger partial charge >= 0.3 is 0 Å². The maximum absolute atomic E-state index is 9.90. The molecule has 0 aliphatic carbocycles. The van der Waals surface area contributed by atoms with E-state index in [2.05, 4.69) is 11.6 Å². The Morgan fingerprint density at radius 2 is 2.50 bits per heavy atom. The minimum atomic E-state index is 0.726. The fraction of sp³-hybridized carbons (Fsp3) is 0.222. The zero-order valence-electron chi connectivity index (χ0n) is 6.62. The summed E-state index contributed by atoms with van der Waals surface area (Å²) in [5.74, 6) is 0. The van der Waals surface area contributed by atoms with Gasteiger partial charge in [0.25, 0.3) is 0 Å². The van der Waals surface area contributed by atoms with Crippen molar-refractivity contribution in [1.29, 1.82) is 0 Å². The molecule has 12 heavy (non-hydrogen) atoms. The molecule has 0 aliphatic rings. The predicted molar refractivity (Wildman–Crippen MR) is 50.6 cm³/mol. The molecule has 3 heteroatoms. The summed E-state index contributed by atoms with van der Waals surface area (Å²) in [7, 11) is 0. The van der Waals surface area contributed by atoms with Crippen molar-refractivity contribution in [3.63, 3.8) is 0 Å². The lowest BCUT2D eigenvalue weighted by molar-refractivity contribution is 0.565. The molecule has 0 saturated heterocycles. The lowest BCUT2D eigenvalue weighted by atomic mass is 10.3. The number of aliphatic imine (C=N–C) groups is 1. The van der Waals surface area contributed by atoms with Gasteiger partial charge < -0.3 is 0 Å². The van der Waals surface area contributed by atoms with Crippen LogP contribution >= 0.6 is 11.3 Å². The molecule has 1 aromatic heterocycles. The minimum absolute atomic E-state index is 0.726. The SMILES string of the molecule is C=CCCc1ccc(N=C=O)s1. The molecule has 0 unspecified atom stereocenters. The highest BCUT2D eigenvalue weighted by molar-refractivity contribution is 7.15. The normalized spacial score (nSPS) is 9.00. The molecule has 0 aliphatic heterocycles. The van der Waals surface area contributed by atoms with Crippen LogP contribution in [0, 0.1) is 0 Å². The summed E-state index contributed by atoms with van der Waals surface area (Å²) in [6.07, 6.45) is 5.33. The van der Waals surface area contributed by atoms with Crippen molar-refractivity contribution in [1.82, 2.24) is 0 Å². The van der Waals surface area contributed by atoms with Gasteiger partial charge in [0.1, 0.15) is 5.00 Å². The van der Waals surface area contributed by atoms with Gasteiger partial charge in [0, 0.05) is 4.88 Å². The summed E-state index contributed by atoms with van der Waals surface area (Å²) >= 11 is 1.52. The summed E-state index contributed by atoms with van der Waals surface area (Å²) in [6.45, 7) is 3.64. The number of rotatable bonds is 4. The second-order valence-corrected chi connectivity index (χ2v) is 3.42. The quantitative estimate of drug-likeness (QED) is 0.397. The first kappa shape index (κ1) is 8.91. The number of allylic oxidation sites excluding steroid dienone is 1. The van der Waals surface area contributed by atoms with Crippen LogP contribution in [0.2, 0.25) is 0 Å². The molecular weight excluding hydrogens is 170 g/mol. The second kappa shape index (κ2) is 4.65. The van der Waals surface area contributed by atoms with Gasteiger partial charge in [-0.3, -0.25) is 0 Å². The van der Waals surface area contributed by atoms with E-state index in [0.29, 0.717) is 0 Å². The van der Waals surface area contributed by atoms with E-state index in [1.807, 2.05) is 18.2 Å². The molecule has 1 aromatic rings. The Morgan fingerprint density at radius 1 is 1.67 bits per heavy atom. The van der Waals surface area contributed by atoms with Crippen LogP contribution in [-0.2, 0) is 11.2 Å². The molecular formula is C9H9NOS. The summed E-state index contributed by atoms with van der Waals surface area (Å²) in [4.78, 5) is 14.6. The molecule has 62 valence electrons. The molecule has 0 N–H and O–H groups in total. The number of thiophene rings is 1. The van der Waals surface area contributed by atoms with Crippen LogP contribution in [0.1, 0.15) is 11.3 Å². The maximum Gasteiger partial charge on any atom is 0.241 e. The third kappa shape index (κ3) is 2.46. The molecule has 2 nitrogen and oxygen atoms in total. The van der Waals surface area contributed by atoms with Gasteiger partial charge in [-0.2, -0.15) is 4.99 Å². The van der Waals surface area contributed by atoms with Gasteiger partial charge in [0.05, 0.1) is 0 Å². The second-order valence-electron chi connectivity index (χ2n) is 2.27. The third-order valence-corrected chi connectivity index (χ3v) is 2.44. The Kier molecular flexibility index (Phi) is 3.45. The van der Waals surface area contributed by atoms with E-state index < -0.39 is 0 Å². The fourth-order valence-electron chi connectivity index (χ4n) is 0.850. The number of aryl methyl sites for hydroxylation is 1. The van der Waals surface area contributed by atoms with Crippen LogP contribution in [-0.4, -0.2) is 6.08 Å². The van der Waals surface area contributed by atoms with Gasteiger partial charge in [-0.25, -0.2) is 4.79 Å². The van der Waals surface area contributed by atoms with Gasteiger partial charge in [0.2, 0.25) is 6.08 Å². The monoisotopic (exact) mass is 179 g/mol. The molecule has 0 amide bonds. The number of nitrogens with zero attached hydrogens (tertiary/aromatic N) is 1. The standard InChI is InChI=1S/C9H9NOS/c1-2-3-4-8-5-6-9(12-8)10-7-11/h2,5-6H,1,3-4H2. The van der Waals surface area contributed by atoms with Crippen LogP contribution < -0.4 is 0 Å². The minimum Gasteiger partial charge on any atom is -0.211 e. The lowest BCUT2D eigenvalue weighted by Crippen LogP contribution is -1.73. The van der Waals surface area contributed by atoms with E-state index >= 15 is 0 Å². The average Bonchev–Trinajstić information content (AvgIpc) is 2.50. The average molecular weight is 179 g/mol. The Labute approximate surface area is 75.3 Å². The fourth-order valence-corrected chi connectivity index (χ4v) is 1.69. The number of isocyanates is 1. The van der Waals surface area contributed by atoms with E-state index in [0.717, 1.165) is 17.8 Å². The van der Waals surface area contributed by atoms with Crippen molar-refractivity contribution >= 4 is 22.4 Å². The Morgan fingerprint density at radius 3 is 3.17 bits per heavy atom. The molecule has 0 aromatic carbocycles. The van der Waals surface area contributed by atoms with Crippen molar-refractivity contribution in [3.05, 3.63) is 29.7 Å². The lowest BCUT2D eigenvalue weighted by Gasteiger charge is -1.88. The Bertz CT molecular complexity index is 310. The first-order valence-corrected chi connectivity index (χ1v) is 4.46. The topological polar surface area (TPSA) is 29.4 Å². The van der Waals surface area contributed by atoms with Gasteiger partial charge in [0.15, 0.2) is 0 Å². The van der Waals surface area contributed by atoms with E-state index in [-0.39, 0.29) is 0 Å². The summed E-state index contributed by atoms with van der Waals surface area (Å²) < 4.78 is 0. The van der Waals surface area contributed by atoms with Gasteiger partial charge in [-0.15, -0.1) is 17.9 Å². The van der Waals surface area contributed by atoms with Crippen LogP contribution in [0.3, 0.4) is 0 Å². The van der Waals surface area contributed by atoms with Crippen LogP contribution in [0.4, 0.5) is 5.00 Å². The summed E-state index contributed by atoms with van der Waals surface area (Å²) in [5, 5.41) is 0.726. The Hall–Kier alpha value is -1.18. The van der Waals surface area contributed by atoms with E-state index in [9.17, 15) is 4.79 Å². The smallest absolute Gasteiger partial charge is 0.211 e. The number of hydrogen-bond acceptors (Lipinski definition) is 3. The van der Waals surface area contributed by atoms with E-state index in [4.69, 9.17) is 0 Å². The highest BCUT2D eigenvalue weighted by Gasteiger charge is 1.96. The molecule has 0 bridgehead atoms. The van der Waals surface area contributed by atoms with E-state index in [1.54, 1.807) is 0 Å². The van der Waals surface area contributed by atoms with Crippen LogP contribution in [0.25, 0.3) is 0 Å². The zero-order valence-corrected chi connectivity index (χ0v) is 7.43. The molecule has 0 fully saturated rings. The highest BCUT2D eigenvalue weighted by atomic mass is 32.1. The largest absolute Gasteiger partial charge is 0.241 e. The van der Waals surface area contributed by atoms with E-state index in [1.165, 1.54) is 22.3 Å².